The Morgan fingerprint density at radius 3 is 2.72 bits per heavy atom. The second-order valence-corrected chi connectivity index (χ2v) is 7.08. The highest BCUT2D eigenvalue weighted by molar-refractivity contribution is 5.92. The number of aromatic amines is 1. The molecule has 3 rings (SSSR count). The Labute approximate surface area is 168 Å². The number of rotatable bonds is 8. The lowest BCUT2D eigenvalue weighted by Gasteiger charge is -2.30. The van der Waals surface area contributed by atoms with Crippen molar-refractivity contribution in [1.82, 2.24) is 20.5 Å². The Bertz CT molecular complexity index is 952. The van der Waals surface area contributed by atoms with Crippen molar-refractivity contribution in [3.8, 4) is 5.88 Å². The fraction of sp³-hybridized carbons (Fsp3) is 0.350. The van der Waals surface area contributed by atoms with Crippen LogP contribution in [0.25, 0.3) is 10.9 Å². The fourth-order valence-corrected chi connectivity index (χ4v) is 2.89. The minimum absolute atomic E-state index is 0.338. The van der Waals surface area contributed by atoms with Gasteiger partial charge in [-0.3, -0.25) is 10.4 Å². The first kappa shape index (κ1) is 20.6. The first-order valence-electron chi connectivity index (χ1n) is 9.19. The van der Waals surface area contributed by atoms with Gasteiger partial charge in [-0.15, -0.1) is 5.10 Å². The lowest BCUT2D eigenvalue weighted by atomic mass is 9.92. The van der Waals surface area contributed by atoms with Crippen LogP contribution in [0, 0.1) is 0 Å². The van der Waals surface area contributed by atoms with Gasteiger partial charge in [-0.25, -0.2) is 9.78 Å². The van der Waals surface area contributed by atoms with Crippen LogP contribution in [0.4, 0.5) is 10.6 Å². The van der Waals surface area contributed by atoms with Gasteiger partial charge in [0.2, 0.25) is 5.88 Å². The smallest absolute Gasteiger partial charge is 0.320 e. The van der Waals surface area contributed by atoms with Crippen molar-refractivity contribution in [2.45, 2.75) is 25.5 Å². The van der Waals surface area contributed by atoms with Crippen molar-refractivity contribution in [3.63, 3.8) is 0 Å². The molecule has 154 valence electrons. The number of benzene rings is 1. The summed E-state index contributed by atoms with van der Waals surface area (Å²) < 4.78 is 10.5. The zero-order valence-corrected chi connectivity index (χ0v) is 16.6. The highest BCUT2D eigenvalue weighted by Gasteiger charge is 2.30. The molecule has 29 heavy (non-hydrogen) atoms. The van der Waals surface area contributed by atoms with Crippen LogP contribution in [-0.4, -0.2) is 52.2 Å². The molecule has 1 atom stereocenters. The summed E-state index contributed by atoms with van der Waals surface area (Å²) in [5, 5.41) is 23.6. The number of nitrogens with zero attached hydrogens (tertiary/aromatic N) is 2. The zero-order chi connectivity index (χ0) is 20.9. The molecule has 4 N–H and O–H groups in total. The van der Waals surface area contributed by atoms with E-state index in [1.165, 1.54) is 0 Å². The van der Waals surface area contributed by atoms with Crippen LogP contribution in [0.5, 0.6) is 5.88 Å². The van der Waals surface area contributed by atoms with E-state index in [0.717, 1.165) is 5.56 Å². The highest BCUT2D eigenvalue weighted by Crippen LogP contribution is 2.26. The lowest BCUT2D eigenvalue weighted by Crippen LogP contribution is -2.43. The molecule has 9 heteroatoms. The zero-order valence-electron chi connectivity index (χ0n) is 16.6. The van der Waals surface area contributed by atoms with Gasteiger partial charge in [0, 0.05) is 19.4 Å². The van der Waals surface area contributed by atoms with Crippen molar-refractivity contribution in [3.05, 3.63) is 48.2 Å². The molecule has 0 spiro atoms. The number of aliphatic hydroxyl groups is 1. The van der Waals surface area contributed by atoms with Gasteiger partial charge in [-0.2, -0.15) is 0 Å². The largest absolute Gasteiger partial charge is 0.474 e. The number of amides is 2. The molecule has 9 nitrogen and oxygen atoms in total. The number of H-pyrrole nitrogens is 1. The quantitative estimate of drug-likeness (QED) is 0.432. The van der Waals surface area contributed by atoms with Crippen molar-refractivity contribution in [2.24, 2.45) is 0 Å². The number of pyridine rings is 1. The van der Waals surface area contributed by atoms with Crippen LogP contribution in [0.1, 0.15) is 25.5 Å². The van der Waals surface area contributed by atoms with Gasteiger partial charge in [0.05, 0.1) is 29.2 Å². The van der Waals surface area contributed by atoms with Crippen molar-refractivity contribution >= 4 is 22.8 Å². The molecule has 1 aromatic carbocycles. The maximum absolute atomic E-state index is 12.5. The monoisotopic (exact) mass is 399 g/mol. The first-order chi connectivity index (χ1) is 13.9. The topological polar surface area (TPSA) is 121 Å². The minimum atomic E-state index is -1.16. The maximum atomic E-state index is 12.5. The van der Waals surface area contributed by atoms with E-state index in [0.29, 0.717) is 35.8 Å². The molecule has 3 aromatic rings. The van der Waals surface area contributed by atoms with Gasteiger partial charge in [0.15, 0.2) is 0 Å². The molecule has 0 saturated carbocycles. The number of hydrogen-bond donors (Lipinski definition) is 4. The van der Waals surface area contributed by atoms with Gasteiger partial charge >= 0.3 is 6.03 Å². The number of hydrogen-bond acceptors (Lipinski definition) is 6. The minimum Gasteiger partial charge on any atom is -0.474 e. The third kappa shape index (κ3) is 5.21. The van der Waals surface area contributed by atoms with E-state index in [2.05, 4.69) is 25.8 Å². The summed E-state index contributed by atoms with van der Waals surface area (Å²) in [5.74, 6) is 0.761. The summed E-state index contributed by atoms with van der Waals surface area (Å²) in [6.45, 7) is 4.11. The molecule has 0 aliphatic heterocycles. The van der Waals surface area contributed by atoms with E-state index in [1.54, 1.807) is 33.2 Å². The first-order valence-corrected chi connectivity index (χ1v) is 9.19. The van der Waals surface area contributed by atoms with E-state index in [9.17, 15) is 9.90 Å². The fourth-order valence-electron chi connectivity index (χ4n) is 2.89. The molecular formula is C20H25N5O4. The third-order valence-electron chi connectivity index (χ3n) is 4.29. The summed E-state index contributed by atoms with van der Waals surface area (Å²) in [5.41, 5.74) is 0.309. The normalized spacial score (nSPS) is 12.6. The number of anilines is 1. The van der Waals surface area contributed by atoms with E-state index < -0.39 is 17.7 Å². The molecule has 2 heterocycles. The van der Waals surface area contributed by atoms with Crippen molar-refractivity contribution in [2.75, 3.05) is 25.6 Å². The number of fused-ring (bicyclic) bond motifs is 1. The van der Waals surface area contributed by atoms with Crippen LogP contribution in [0.15, 0.2) is 42.6 Å². The number of urea groups is 1. The average Bonchev–Trinajstić information content (AvgIpc) is 3.08. The summed E-state index contributed by atoms with van der Waals surface area (Å²) in [6.07, 6.45) is 1.57. The Kier molecular flexibility index (Phi) is 6.30. The van der Waals surface area contributed by atoms with Crippen LogP contribution < -0.4 is 15.4 Å². The molecule has 2 amide bonds. The highest BCUT2D eigenvalue weighted by atomic mass is 16.5. The summed E-state index contributed by atoms with van der Waals surface area (Å²) in [6, 6.07) is 9.87. The molecule has 0 aliphatic rings. The molecule has 0 bridgehead atoms. The van der Waals surface area contributed by atoms with Crippen LogP contribution in [-0.2, 0) is 4.74 Å². The van der Waals surface area contributed by atoms with Crippen LogP contribution >= 0.6 is 0 Å². The second-order valence-electron chi connectivity index (χ2n) is 7.08. The van der Waals surface area contributed by atoms with Gasteiger partial charge in [0.1, 0.15) is 12.4 Å². The van der Waals surface area contributed by atoms with Gasteiger partial charge in [-0.1, -0.05) is 30.3 Å². The van der Waals surface area contributed by atoms with Crippen molar-refractivity contribution in [1.29, 1.82) is 0 Å². The SMILES string of the molecule is COCCOc1n[nH]c2cc(NC(=O)NC(c3ccccc3)C(C)(C)O)ncc12. The van der Waals surface area contributed by atoms with E-state index in [4.69, 9.17) is 9.47 Å². The second kappa shape index (κ2) is 8.89. The predicted octanol–water partition coefficient (Wildman–Crippen LogP) is 2.62. The lowest BCUT2D eigenvalue weighted by molar-refractivity contribution is 0.0415. The average molecular weight is 399 g/mol. The number of methoxy groups -OCH3 is 1. The number of carbonyl (C=O) groups is 1. The van der Waals surface area contributed by atoms with Crippen LogP contribution in [0.2, 0.25) is 0 Å². The molecule has 0 radical (unpaired) electrons. The molecule has 2 aromatic heterocycles. The standard InChI is InChI=1S/C20H25N5O4/c1-20(2,27)17(13-7-5-4-6-8-13)23-19(26)22-16-11-15-14(12-21-16)18(25-24-15)29-10-9-28-3/h4-8,11-12,17,27H,9-10H2,1-3H3,(H,24,25)(H2,21,22,23,26). The van der Waals surface area contributed by atoms with Gasteiger partial charge < -0.3 is 19.9 Å². The Hall–Kier alpha value is -3.17. The molecule has 1 unspecified atom stereocenters. The van der Waals surface area contributed by atoms with Crippen LogP contribution in [0.3, 0.4) is 0 Å². The molecular weight excluding hydrogens is 374 g/mol. The van der Waals surface area contributed by atoms with E-state index in [-0.39, 0.29) is 0 Å². The third-order valence-corrected chi connectivity index (χ3v) is 4.29. The van der Waals surface area contributed by atoms with E-state index in [1.807, 2.05) is 30.3 Å². The summed E-state index contributed by atoms with van der Waals surface area (Å²) in [4.78, 5) is 16.8. The van der Waals surface area contributed by atoms with Gasteiger partial charge in [0.25, 0.3) is 0 Å². The molecule has 0 aliphatic carbocycles. The Morgan fingerprint density at radius 1 is 1.28 bits per heavy atom. The molecule has 0 saturated heterocycles. The maximum Gasteiger partial charge on any atom is 0.320 e. The number of nitrogens with one attached hydrogen (secondary N) is 3. The number of carbonyl (C=O) groups excluding carboxylic acids is 1. The molecule has 0 fully saturated rings. The number of aromatic nitrogens is 3. The number of ether oxygens (including phenoxy) is 2. The predicted molar refractivity (Wildman–Crippen MR) is 109 cm³/mol. The Morgan fingerprint density at radius 2 is 2.03 bits per heavy atom. The Balaban J connectivity index is 1.70. The van der Waals surface area contributed by atoms with E-state index >= 15 is 0 Å². The summed E-state index contributed by atoms with van der Waals surface area (Å²) >= 11 is 0. The van der Waals surface area contributed by atoms with Crippen molar-refractivity contribution < 1.29 is 19.4 Å². The summed E-state index contributed by atoms with van der Waals surface area (Å²) in [7, 11) is 1.59. The van der Waals surface area contributed by atoms with Gasteiger partial charge in [-0.05, 0) is 19.4 Å².